The van der Waals surface area contributed by atoms with Crippen LogP contribution in [0.15, 0.2) is 30.6 Å². The van der Waals surface area contributed by atoms with E-state index in [1.807, 2.05) is 43.6 Å². The summed E-state index contributed by atoms with van der Waals surface area (Å²) in [4.78, 5) is 23.6. The second kappa shape index (κ2) is 10.9. The van der Waals surface area contributed by atoms with Crippen LogP contribution in [0.4, 0.5) is 10.6 Å². The van der Waals surface area contributed by atoms with Gasteiger partial charge in [0.2, 0.25) is 5.78 Å². The number of hydrogen-bond donors (Lipinski definition) is 2. The number of rotatable bonds is 7. The molecule has 0 atom stereocenters. The van der Waals surface area contributed by atoms with Crippen molar-refractivity contribution >= 4 is 29.3 Å². The quantitative estimate of drug-likeness (QED) is 0.471. The van der Waals surface area contributed by atoms with Gasteiger partial charge in [0, 0.05) is 37.6 Å². The van der Waals surface area contributed by atoms with Crippen LogP contribution in [0.5, 0.6) is 5.75 Å². The van der Waals surface area contributed by atoms with E-state index in [2.05, 4.69) is 10.2 Å². The first kappa shape index (κ1) is 26.0. The summed E-state index contributed by atoms with van der Waals surface area (Å²) in [7, 11) is 1.54. The zero-order chi connectivity index (χ0) is 25.9. The largest absolute Gasteiger partial charge is 0.495 e. The van der Waals surface area contributed by atoms with Crippen LogP contribution >= 0.6 is 11.6 Å². The lowest BCUT2D eigenvalue weighted by molar-refractivity contribution is 0.0524. The van der Waals surface area contributed by atoms with Gasteiger partial charge in [0.1, 0.15) is 17.2 Å². The van der Waals surface area contributed by atoms with Crippen molar-refractivity contribution in [2.45, 2.75) is 52.2 Å². The molecule has 36 heavy (non-hydrogen) atoms. The van der Waals surface area contributed by atoms with Crippen LogP contribution in [0.2, 0.25) is 5.02 Å². The van der Waals surface area contributed by atoms with Gasteiger partial charge in [0.15, 0.2) is 0 Å². The molecular formula is C26H34ClN5O4. The van der Waals surface area contributed by atoms with Gasteiger partial charge in [-0.15, -0.1) is 0 Å². The maximum Gasteiger partial charge on any atom is 0.407 e. The molecule has 1 fully saturated rings. The molecule has 0 spiro atoms. The molecule has 10 heteroatoms. The molecule has 0 radical (unpaired) electrons. The molecule has 0 unspecified atom stereocenters. The molecule has 1 aromatic carbocycles. The van der Waals surface area contributed by atoms with Crippen LogP contribution in [0.25, 0.3) is 17.0 Å². The number of methoxy groups -OCH3 is 1. The van der Waals surface area contributed by atoms with Crippen LogP contribution in [-0.2, 0) is 11.3 Å². The lowest BCUT2D eigenvalue weighted by Crippen LogP contribution is -2.37. The normalized spacial score (nSPS) is 14.8. The molecule has 0 aliphatic carbocycles. The third kappa shape index (κ3) is 6.20. The number of ether oxygens (including phenoxy) is 2. The highest BCUT2D eigenvalue weighted by Gasteiger charge is 2.22. The highest BCUT2D eigenvalue weighted by molar-refractivity contribution is 6.32. The van der Waals surface area contributed by atoms with E-state index in [4.69, 9.17) is 31.0 Å². The van der Waals surface area contributed by atoms with Gasteiger partial charge in [0.25, 0.3) is 0 Å². The Bertz CT molecular complexity index is 1220. The Morgan fingerprint density at radius 2 is 2.00 bits per heavy atom. The molecule has 2 N–H and O–H groups in total. The van der Waals surface area contributed by atoms with Crippen molar-refractivity contribution in [1.82, 2.24) is 19.7 Å². The number of nitrogens with one attached hydrogen (secondary N) is 1. The van der Waals surface area contributed by atoms with Crippen LogP contribution in [0.3, 0.4) is 0 Å². The highest BCUT2D eigenvalue weighted by Crippen LogP contribution is 2.34. The fourth-order valence-electron chi connectivity index (χ4n) is 4.43. The van der Waals surface area contributed by atoms with E-state index in [0.717, 1.165) is 43.7 Å². The van der Waals surface area contributed by atoms with Crippen LogP contribution < -0.4 is 15.0 Å². The molecule has 9 nitrogen and oxygen atoms in total. The van der Waals surface area contributed by atoms with Gasteiger partial charge >= 0.3 is 6.09 Å². The first-order valence-electron chi connectivity index (χ1n) is 12.2. The van der Waals surface area contributed by atoms with Crippen molar-refractivity contribution in [1.29, 1.82) is 0 Å². The first-order valence-corrected chi connectivity index (χ1v) is 12.6. The Kier molecular flexibility index (Phi) is 7.90. The zero-order valence-electron chi connectivity index (χ0n) is 21.3. The summed E-state index contributed by atoms with van der Waals surface area (Å²) < 4.78 is 12.4. The minimum absolute atomic E-state index is 0.155. The van der Waals surface area contributed by atoms with Gasteiger partial charge in [-0.3, -0.25) is 4.40 Å². The summed E-state index contributed by atoms with van der Waals surface area (Å²) in [5.41, 5.74) is 1.63. The third-order valence-electron chi connectivity index (χ3n) is 6.29. The molecule has 1 amide bonds. The number of imidazole rings is 1. The highest BCUT2D eigenvalue weighted by atomic mass is 35.5. The number of hydrogen-bond acceptors (Lipinski definition) is 7. The fraction of sp³-hybridized carbons (Fsp3) is 0.500. The molecule has 194 valence electrons. The Morgan fingerprint density at radius 1 is 1.25 bits per heavy atom. The van der Waals surface area contributed by atoms with Crippen molar-refractivity contribution in [3.05, 3.63) is 41.2 Å². The predicted octanol–water partition coefficient (Wildman–Crippen LogP) is 4.68. The van der Waals surface area contributed by atoms with Gasteiger partial charge in [-0.2, -0.15) is 4.98 Å². The summed E-state index contributed by atoms with van der Waals surface area (Å²) in [5, 5.41) is 13.2. The second-order valence-electron chi connectivity index (χ2n) is 10.1. The molecular weight excluding hydrogens is 482 g/mol. The number of halogens is 1. The molecule has 3 heterocycles. The lowest BCUT2D eigenvalue weighted by Gasteiger charge is -2.32. The molecule has 1 aliphatic heterocycles. The van der Waals surface area contributed by atoms with Crippen molar-refractivity contribution in [2.75, 3.05) is 31.6 Å². The summed E-state index contributed by atoms with van der Waals surface area (Å²) in [6.45, 7) is 7.84. The number of fused-ring (bicyclic) bond motifs is 1. The Hall–Kier alpha value is -3.04. The van der Waals surface area contributed by atoms with E-state index in [9.17, 15) is 9.90 Å². The number of alkyl carbamates (subject to hydrolysis) is 1. The van der Waals surface area contributed by atoms with Gasteiger partial charge in [-0.25, -0.2) is 9.78 Å². The zero-order valence-corrected chi connectivity index (χ0v) is 22.0. The standard InChI is InChI=1S/C26H34ClN5O4/c1-26(2,3)36-25(34)28-9-5-17-6-10-31(11-7-17)23-8-12-32-15-21(29-24(32)30-23)19-14-20(27)22(35-4)13-18(19)16-33/h8,12-15,17,33H,5-7,9-11,16H2,1-4H3,(H,28,34). The van der Waals surface area contributed by atoms with Crippen LogP contribution in [0, 0.1) is 5.92 Å². The topological polar surface area (TPSA) is 101 Å². The predicted molar refractivity (Wildman–Crippen MR) is 140 cm³/mol. The molecule has 0 bridgehead atoms. The van der Waals surface area contributed by atoms with Gasteiger partial charge in [0.05, 0.1) is 24.4 Å². The molecule has 4 rings (SSSR count). The molecule has 1 aliphatic rings. The number of piperidine rings is 1. The fourth-order valence-corrected chi connectivity index (χ4v) is 4.67. The number of carbonyl (C=O) groups excluding carboxylic acids is 1. The maximum atomic E-state index is 11.8. The summed E-state index contributed by atoms with van der Waals surface area (Å²) in [6, 6.07) is 5.49. The number of amides is 1. The number of benzene rings is 1. The second-order valence-corrected chi connectivity index (χ2v) is 10.5. The minimum atomic E-state index is -0.484. The number of carbonyl (C=O) groups is 1. The Labute approximate surface area is 216 Å². The van der Waals surface area contributed by atoms with E-state index in [0.29, 0.717) is 40.3 Å². The molecule has 3 aromatic rings. The number of anilines is 1. The van der Waals surface area contributed by atoms with Crippen molar-refractivity contribution < 1.29 is 19.4 Å². The smallest absolute Gasteiger partial charge is 0.407 e. The van der Waals surface area contributed by atoms with E-state index >= 15 is 0 Å². The van der Waals surface area contributed by atoms with E-state index in [1.54, 1.807) is 19.2 Å². The van der Waals surface area contributed by atoms with Crippen molar-refractivity contribution in [3.8, 4) is 17.0 Å². The van der Waals surface area contributed by atoms with E-state index < -0.39 is 5.60 Å². The monoisotopic (exact) mass is 515 g/mol. The molecule has 1 saturated heterocycles. The van der Waals surface area contributed by atoms with E-state index in [1.165, 1.54) is 0 Å². The van der Waals surface area contributed by atoms with Gasteiger partial charge in [-0.1, -0.05) is 11.6 Å². The molecule has 0 saturated carbocycles. The number of aliphatic hydroxyl groups excluding tert-OH is 1. The number of aliphatic hydroxyl groups is 1. The number of aromatic nitrogens is 3. The lowest BCUT2D eigenvalue weighted by atomic mass is 9.93. The van der Waals surface area contributed by atoms with Gasteiger partial charge in [-0.05, 0) is 69.7 Å². The SMILES string of the molecule is COc1cc(CO)c(-c2cn3ccc(N4CCC(CCNC(=O)OC(C)(C)C)CC4)nc3n2)cc1Cl. The minimum Gasteiger partial charge on any atom is -0.495 e. The van der Waals surface area contributed by atoms with Crippen LogP contribution in [-0.4, -0.2) is 57.9 Å². The summed E-state index contributed by atoms with van der Waals surface area (Å²) in [5.74, 6) is 2.54. The Balaban J connectivity index is 1.38. The summed E-state index contributed by atoms with van der Waals surface area (Å²) >= 11 is 6.33. The average Bonchev–Trinajstić information content (AvgIpc) is 3.26. The third-order valence-corrected chi connectivity index (χ3v) is 6.59. The number of nitrogens with zero attached hydrogens (tertiary/aromatic N) is 4. The Morgan fingerprint density at radius 3 is 2.67 bits per heavy atom. The van der Waals surface area contributed by atoms with Gasteiger partial charge < -0.3 is 24.8 Å². The van der Waals surface area contributed by atoms with Crippen molar-refractivity contribution in [3.63, 3.8) is 0 Å². The first-order chi connectivity index (χ1) is 17.2. The van der Waals surface area contributed by atoms with Crippen LogP contribution in [0.1, 0.15) is 45.6 Å². The van der Waals surface area contributed by atoms with E-state index in [-0.39, 0.29) is 12.7 Å². The average molecular weight is 516 g/mol. The summed E-state index contributed by atoms with van der Waals surface area (Å²) in [6.07, 6.45) is 6.47. The molecule has 2 aromatic heterocycles. The maximum absolute atomic E-state index is 11.8. The van der Waals surface area contributed by atoms with Crippen molar-refractivity contribution in [2.24, 2.45) is 5.92 Å².